The highest BCUT2D eigenvalue weighted by Gasteiger charge is 2.19. The minimum absolute atomic E-state index is 0.00209. The van der Waals surface area contributed by atoms with E-state index in [0.29, 0.717) is 22.2 Å². The van der Waals surface area contributed by atoms with Crippen molar-refractivity contribution < 1.29 is 4.79 Å². The van der Waals surface area contributed by atoms with Crippen molar-refractivity contribution in [1.82, 2.24) is 9.97 Å². The molecule has 0 radical (unpaired) electrons. The molecule has 1 aromatic carbocycles. The molecular weight excluding hydrogens is 290 g/mol. The lowest BCUT2D eigenvalue weighted by atomic mass is 9.95. The first-order chi connectivity index (χ1) is 11.0. The van der Waals surface area contributed by atoms with Gasteiger partial charge in [0, 0.05) is 11.8 Å². The van der Waals surface area contributed by atoms with E-state index in [4.69, 9.17) is 16.7 Å². The van der Waals surface area contributed by atoms with Crippen LogP contribution in [0.4, 0.5) is 5.69 Å². The lowest BCUT2D eigenvalue weighted by Gasteiger charge is -2.14. The third kappa shape index (κ3) is 2.34. The summed E-state index contributed by atoms with van der Waals surface area (Å²) in [5, 5.41) is 9.14. The van der Waals surface area contributed by atoms with Gasteiger partial charge in [-0.25, -0.2) is 4.98 Å². The van der Waals surface area contributed by atoms with Gasteiger partial charge in [0.2, 0.25) is 0 Å². The van der Waals surface area contributed by atoms with E-state index in [2.05, 4.69) is 16.0 Å². The molecule has 23 heavy (non-hydrogen) atoms. The Balaban J connectivity index is 2.48. The number of nitrogens with two attached hydrogens (primary N) is 2. The number of nitrogen functional groups attached to an aromatic ring is 1. The van der Waals surface area contributed by atoms with Crippen molar-refractivity contribution in [2.24, 2.45) is 5.73 Å². The van der Waals surface area contributed by atoms with Crippen molar-refractivity contribution in [3.63, 3.8) is 0 Å². The number of nitriles is 1. The van der Waals surface area contributed by atoms with Crippen LogP contribution in [0.1, 0.15) is 21.6 Å². The predicted octanol–water partition coefficient (Wildman–Crippen LogP) is 2.16. The SMILES string of the molecule is Cc1ccc(C#N)cc1-c1c(N)c(C(N)=O)nc2cccnc12. The lowest BCUT2D eigenvalue weighted by molar-refractivity contribution is 0.0997. The quantitative estimate of drug-likeness (QED) is 0.751. The van der Waals surface area contributed by atoms with Crippen molar-refractivity contribution in [2.45, 2.75) is 6.92 Å². The zero-order valence-corrected chi connectivity index (χ0v) is 12.4. The van der Waals surface area contributed by atoms with Gasteiger partial charge in [-0.3, -0.25) is 9.78 Å². The van der Waals surface area contributed by atoms with Gasteiger partial charge in [-0.15, -0.1) is 0 Å². The van der Waals surface area contributed by atoms with Crippen molar-refractivity contribution >= 4 is 22.6 Å². The van der Waals surface area contributed by atoms with Crippen LogP contribution < -0.4 is 11.5 Å². The smallest absolute Gasteiger partial charge is 0.269 e. The molecule has 112 valence electrons. The first-order valence-corrected chi connectivity index (χ1v) is 6.88. The lowest BCUT2D eigenvalue weighted by Crippen LogP contribution is -2.17. The average molecular weight is 303 g/mol. The number of rotatable bonds is 2. The topological polar surface area (TPSA) is 119 Å². The van der Waals surface area contributed by atoms with Crippen molar-refractivity contribution in [3.05, 3.63) is 53.3 Å². The van der Waals surface area contributed by atoms with Crippen LogP contribution in [0.25, 0.3) is 22.2 Å². The number of pyridine rings is 2. The number of hydrogen-bond donors (Lipinski definition) is 2. The molecule has 4 N–H and O–H groups in total. The fourth-order valence-corrected chi connectivity index (χ4v) is 2.53. The first kappa shape index (κ1) is 14.5. The van der Waals surface area contributed by atoms with E-state index in [-0.39, 0.29) is 11.4 Å². The maximum Gasteiger partial charge on any atom is 0.269 e. The molecule has 3 rings (SSSR count). The minimum Gasteiger partial charge on any atom is -0.396 e. The second kappa shape index (κ2) is 5.39. The summed E-state index contributed by atoms with van der Waals surface area (Å²) in [5.41, 5.74) is 15.5. The summed E-state index contributed by atoms with van der Waals surface area (Å²) in [6.07, 6.45) is 1.63. The van der Waals surface area contributed by atoms with Crippen LogP contribution in [0.15, 0.2) is 36.5 Å². The molecule has 0 saturated heterocycles. The third-order valence-electron chi connectivity index (χ3n) is 3.65. The Morgan fingerprint density at radius 2 is 2.09 bits per heavy atom. The Hall–Kier alpha value is -3.46. The molecule has 3 aromatic rings. The number of anilines is 1. The van der Waals surface area contributed by atoms with Crippen LogP contribution in [0.3, 0.4) is 0 Å². The molecule has 0 bridgehead atoms. The van der Waals surface area contributed by atoms with Crippen LogP contribution in [0.5, 0.6) is 0 Å². The minimum atomic E-state index is -0.705. The number of amides is 1. The van der Waals surface area contributed by atoms with Gasteiger partial charge in [-0.05, 0) is 42.3 Å². The molecule has 6 heteroatoms. The van der Waals surface area contributed by atoms with Gasteiger partial charge in [0.15, 0.2) is 5.69 Å². The normalized spacial score (nSPS) is 10.4. The van der Waals surface area contributed by atoms with Gasteiger partial charge in [0.1, 0.15) is 0 Å². The maximum absolute atomic E-state index is 11.7. The summed E-state index contributed by atoms with van der Waals surface area (Å²) in [6.45, 7) is 1.90. The molecular formula is C17H13N5O. The molecule has 0 aliphatic rings. The van der Waals surface area contributed by atoms with Crippen LogP contribution in [0, 0.1) is 18.3 Å². The number of carbonyl (C=O) groups excluding carboxylic acids is 1. The van der Waals surface area contributed by atoms with Gasteiger partial charge >= 0.3 is 0 Å². The van der Waals surface area contributed by atoms with Crippen LogP contribution in [0.2, 0.25) is 0 Å². The number of benzene rings is 1. The zero-order chi connectivity index (χ0) is 16.6. The standard InChI is InChI=1S/C17H13N5O/c1-9-4-5-10(8-18)7-11(9)13-14(19)16(17(20)23)22-12-3-2-6-21-15(12)13/h2-7H,19H2,1H3,(H2,20,23). The Morgan fingerprint density at radius 1 is 1.30 bits per heavy atom. The van der Waals surface area contributed by atoms with E-state index in [1.165, 1.54) is 0 Å². The second-order valence-corrected chi connectivity index (χ2v) is 5.13. The molecule has 0 spiro atoms. The Kier molecular flexibility index (Phi) is 3.39. The molecule has 0 unspecified atom stereocenters. The summed E-state index contributed by atoms with van der Waals surface area (Å²) < 4.78 is 0. The summed E-state index contributed by atoms with van der Waals surface area (Å²) in [4.78, 5) is 20.2. The number of nitrogens with zero attached hydrogens (tertiary/aromatic N) is 3. The van der Waals surface area contributed by atoms with Gasteiger partial charge < -0.3 is 11.5 Å². The molecule has 0 aliphatic heterocycles. The molecule has 2 aromatic heterocycles. The summed E-state index contributed by atoms with van der Waals surface area (Å²) >= 11 is 0. The number of hydrogen-bond acceptors (Lipinski definition) is 5. The van der Waals surface area contributed by atoms with E-state index in [1.807, 2.05) is 13.0 Å². The Labute approximate surface area is 132 Å². The van der Waals surface area contributed by atoms with E-state index >= 15 is 0 Å². The number of aromatic nitrogens is 2. The molecule has 6 nitrogen and oxygen atoms in total. The van der Waals surface area contributed by atoms with E-state index in [0.717, 1.165) is 11.1 Å². The van der Waals surface area contributed by atoms with Gasteiger partial charge in [-0.1, -0.05) is 6.07 Å². The van der Waals surface area contributed by atoms with E-state index < -0.39 is 5.91 Å². The second-order valence-electron chi connectivity index (χ2n) is 5.13. The van der Waals surface area contributed by atoms with Crippen LogP contribution in [-0.2, 0) is 0 Å². The Bertz CT molecular complexity index is 988. The van der Waals surface area contributed by atoms with Gasteiger partial charge in [0.25, 0.3) is 5.91 Å². The highest BCUT2D eigenvalue weighted by atomic mass is 16.1. The highest BCUT2D eigenvalue weighted by Crippen LogP contribution is 2.36. The number of aryl methyl sites for hydroxylation is 1. The summed E-state index contributed by atoms with van der Waals surface area (Å²) in [6, 6.07) is 10.8. The number of fused-ring (bicyclic) bond motifs is 1. The summed E-state index contributed by atoms with van der Waals surface area (Å²) in [7, 11) is 0. The molecule has 0 atom stereocenters. The largest absolute Gasteiger partial charge is 0.396 e. The average Bonchev–Trinajstić information content (AvgIpc) is 2.55. The third-order valence-corrected chi connectivity index (χ3v) is 3.65. The fourth-order valence-electron chi connectivity index (χ4n) is 2.53. The van der Waals surface area contributed by atoms with Gasteiger partial charge in [0.05, 0.1) is 28.4 Å². The molecule has 0 saturated carbocycles. The van der Waals surface area contributed by atoms with E-state index in [9.17, 15) is 4.79 Å². The van der Waals surface area contributed by atoms with Gasteiger partial charge in [-0.2, -0.15) is 5.26 Å². The zero-order valence-electron chi connectivity index (χ0n) is 12.4. The summed E-state index contributed by atoms with van der Waals surface area (Å²) in [5.74, 6) is -0.705. The van der Waals surface area contributed by atoms with Crippen molar-refractivity contribution in [1.29, 1.82) is 5.26 Å². The van der Waals surface area contributed by atoms with Crippen molar-refractivity contribution in [3.8, 4) is 17.2 Å². The molecule has 2 heterocycles. The number of primary amides is 1. The fraction of sp³-hybridized carbons (Fsp3) is 0.0588. The first-order valence-electron chi connectivity index (χ1n) is 6.88. The predicted molar refractivity (Wildman–Crippen MR) is 87.4 cm³/mol. The van der Waals surface area contributed by atoms with Crippen molar-refractivity contribution in [2.75, 3.05) is 5.73 Å². The maximum atomic E-state index is 11.7. The van der Waals surface area contributed by atoms with Crippen LogP contribution >= 0.6 is 0 Å². The molecule has 1 amide bonds. The Morgan fingerprint density at radius 3 is 2.78 bits per heavy atom. The highest BCUT2D eigenvalue weighted by molar-refractivity contribution is 6.07. The monoisotopic (exact) mass is 303 g/mol. The molecule has 0 fully saturated rings. The molecule has 0 aliphatic carbocycles. The van der Waals surface area contributed by atoms with E-state index in [1.54, 1.807) is 30.5 Å². The van der Waals surface area contributed by atoms with Crippen LogP contribution in [-0.4, -0.2) is 15.9 Å². The number of carbonyl (C=O) groups is 1.